The maximum Gasteiger partial charge on any atom is 0.255 e. The zero-order chi connectivity index (χ0) is 17.0. The van der Waals surface area contributed by atoms with Crippen molar-refractivity contribution in [2.45, 2.75) is 6.92 Å². The quantitative estimate of drug-likeness (QED) is 0.797. The maximum atomic E-state index is 12.6. The number of halogens is 1. The molecule has 1 aromatic carbocycles. The first-order valence-electron chi connectivity index (χ1n) is 7.44. The van der Waals surface area contributed by atoms with E-state index in [0.29, 0.717) is 42.6 Å². The molecule has 126 valence electrons. The van der Waals surface area contributed by atoms with E-state index in [1.54, 1.807) is 30.2 Å². The van der Waals surface area contributed by atoms with Gasteiger partial charge in [0.15, 0.2) is 0 Å². The third-order valence-electron chi connectivity index (χ3n) is 3.99. The number of hydrogen-bond acceptors (Lipinski definition) is 4. The predicted molar refractivity (Wildman–Crippen MR) is 86.6 cm³/mol. The fraction of sp³-hybridized carbons (Fsp3) is 0.500. The zero-order valence-electron chi connectivity index (χ0n) is 13.3. The van der Waals surface area contributed by atoms with Crippen LogP contribution in [0.1, 0.15) is 17.3 Å². The van der Waals surface area contributed by atoms with Crippen molar-refractivity contribution in [1.82, 2.24) is 4.90 Å². The van der Waals surface area contributed by atoms with Crippen molar-refractivity contribution in [3.05, 3.63) is 28.8 Å². The second-order valence-electron chi connectivity index (χ2n) is 5.68. The molecule has 0 aliphatic carbocycles. The Balaban J connectivity index is 2.07. The highest BCUT2D eigenvalue weighted by atomic mass is 35.5. The molecule has 0 unspecified atom stereocenters. The molecule has 23 heavy (non-hydrogen) atoms. The van der Waals surface area contributed by atoms with Crippen LogP contribution in [0.2, 0.25) is 5.02 Å². The summed E-state index contributed by atoms with van der Waals surface area (Å²) in [5.41, 5.74) is 5.76. The molecule has 1 aromatic rings. The summed E-state index contributed by atoms with van der Waals surface area (Å²) in [5, 5.41) is 0.320. The minimum absolute atomic E-state index is 0.0480. The van der Waals surface area contributed by atoms with E-state index >= 15 is 0 Å². The van der Waals surface area contributed by atoms with Crippen LogP contribution in [0, 0.1) is 11.8 Å². The van der Waals surface area contributed by atoms with Gasteiger partial charge in [-0.1, -0.05) is 18.5 Å². The fourth-order valence-electron chi connectivity index (χ4n) is 2.68. The summed E-state index contributed by atoms with van der Waals surface area (Å²) in [6.07, 6.45) is 0. The summed E-state index contributed by atoms with van der Waals surface area (Å²) in [5.74, 6) is -0.260. The Kier molecular flexibility index (Phi) is 5.85. The highest BCUT2D eigenvalue weighted by Gasteiger charge is 2.36. The van der Waals surface area contributed by atoms with Gasteiger partial charge in [0.25, 0.3) is 5.91 Å². The Morgan fingerprint density at radius 3 is 2.65 bits per heavy atom. The van der Waals surface area contributed by atoms with Gasteiger partial charge in [0.2, 0.25) is 5.91 Å². The average molecular weight is 341 g/mol. The second-order valence-corrected chi connectivity index (χ2v) is 6.09. The number of rotatable bonds is 6. The first kappa shape index (κ1) is 17.6. The van der Waals surface area contributed by atoms with Crippen LogP contribution in [0.25, 0.3) is 0 Å². The van der Waals surface area contributed by atoms with E-state index in [9.17, 15) is 9.59 Å². The third kappa shape index (κ3) is 4.14. The number of primary amides is 1. The molecule has 0 bridgehead atoms. The number of carbonyl (C=O) groups is 2. The lowest BCUT2D eigenvalue weighted by atomic mass is 9.98. The summed E-state index contributed by atoms with van der Waals surface area (Å²) in [6, 6.07) is 4.93. The molecule has 1 aliphatic rings. The number of methoxy groups -OCH3 is 1. The lowest BCUT2D eigenvalue weighted by molar-refractivity contribution is -0.122. The molecule has 0 radical (unpaired) electrons. The van der Waals surface area contributed by atoms with Gasteiger partial charge in [-0.15, -0.1) is 0 Å². The largest absolute Gasteiger partial charge is 0.491 e. The highest BCUT2D eigenvalue weighted by molar-refractivity contribution is 6.34. The molecule has 7 heteroatoms. The van der Waals surface area contributed by atoms with Gasteiger partial charge >= 0.3 is 0 Å². The zero-order valence-corrected chi connectivity index (χ0v) is 14.0. The Hall–Kier alpha value is -1.79. The van der Waals surface area contributed by atoms with E-state index in [1.165, 1.54) is 0 Å². The van der Waals surface area contributed by atoms with Gasteiger partial charge in [0.05, 0.1) is 23.1 Å². The van der Waals surface area contributed by atoms with Gasteiger partial charge < -0.3 is 20.1 Å². The third-order valence-corrected chi connectivity index (χ3v) is 4.30. The Morgan fingerprint density at radius 2 is 2.09 bits per heavy atom. The van der Waals surface area contributed by atoms with Crippen molar-refractivity contribution in [3.8, 4) is 5.75 Å². The van der Waals surface area contributed by atoms with E-state index < -0.39 is 0 Å². The minimum Gasteiger partial charge on any atom is -0.491 e. The number of nitrogens with two attached hydrogens (primary N) is 1. The molecular formula is C16H21ClN2O4. The molecule has 1 heterocycles. The van der Waals surface area contributed by atoms with Crippen LogP contribution in [-0.2, 0) is 9.53 Å². The number of hydrogen-bond donors (Lipinski definition) is 1. The Morgan fingerprint density at radius 1 is 1.35 bits per heavy atom. The molecule has 0 spiro atoms. The minimum atomic E-state index is -0.374. The van der Waals surface area contributed by atoms with E-state index in [-0.39, 0.29) is 23.7 Å². The van der Waals surface area contributed by atoms with Crippen LogP contribution in [0.3, 0.4) is 0 Å². The molecule has 2 N–H and O–H groups in total. The van der Waals surface area contributed by atoms with Crippen LogP contribution in [-0.4, -0.2) is 50.1 Å². The molecule has 1 saturated heterocycles. The summed E-state index contributed by atoms with van der Waals surface area (Å²) in [7, 11) is 1.59. The Bertz CT molecular complexity index is 593. The van der Waals surface area contributed by atoms with Gasteiger partial charge in [-0.05, 0) is 24.1 Å². The Labute approximate surface area is 140 Å². The number of likely N-dealkylation sites (tertiary alicyclic amines) is 1. The lowest BCUT2D eigenvalue weighted by Gasteiger charge is -2.17. The average Bonchev–Trinajstić information content (AvgIpc) is 2.89. The molecule has 1 fully saturated rings. The fourth-order valence-corrected chi connectivity index (χ4v) is 2.93. The predicted octanol–water partition coefficient (Wildman–Crippen LogP) is 1.56. The van der Waals surface area contributed by atoms with Crippen molar-refractivity contribution in [2.24, 2.45) is 17.6 Å². The SMILES string of the molecule is COCCOc1ccc(C(=O)N2C[C@@H](C)[C@H](C(N)=O)C2)c(Cl)c1. The standard InChI is InChI=1S/C16H21ClN2O4/c1-10-8-19(9-13(10)15(18)20)16(21)12-4-3-11(7-14(12)17)23-6-5-22-2/h3-4,7,10,13H,5-6,8-9H2,1-2H3,(H2,18,20)/t10-,13-/m1/s1. The molecule has 2 amide bonds. The van der Waals surface area contributed by atoms with Crippen LogP contribution >= 0.6 is 11.6 Å². The van der Waals surface area contributed by atoms with Gasteiger partial charge in [0, 0.05) is 20.2 Å². The van der Waals surface area contributed by atoms with Gasteiger partial charge in [-0.3, -0.25) is 9.59 Å². The van der Waals surface area contributed by atoms with Crippen LogP contribution in [0.5, 0.6) is 5.75 Å². The maximum absolute atomic E-state index is 12.6. The highest BCUT2D eigenvalue weighted by Crippen LogP contribution is 2.28. The molecule has 2 atom stereocenters. The van der Waals surface area contributed by atoms with Crippen molar-refractivity contribution in [2.75, 3.05) is 33.4 Å². The van der Waals surface area contributed by atoms with E-state index in [0.717, 1.165) is 0 Å². The number of benzene rings is 1. The van der Waals surface area contributed by atoms with Crippen LogP contribution < -0.4 is 10.5 Å². The number of amides is 2. The molecule has 2 rings (SSSR count). The molecule has 0 saturated carbocycles. The number of carbonyl (C=O) groups excluding carboxylic acids is 2. The monoisotopic (exact) mass is 340 g/mol. The van der Waals surface area contributed by atoms with E-state index in [1.807, 2.05) is 6.92 Å². The van der Waals surface area contributed by atoms with Gasteiger partial charge in [0.1, 0.15) is 12.4 Å². The molecule has 1 aliphatic heterocycles. The molecule has 6 nitrogen and oxygen atoms in total. The van der Waals surface area contributed by atoms with E-state index in [4.69, 9.17) is 26.8 Å². The first-order valence-corrected chi connectivity index (χ1v) is 7.81. The van der Waals surface area contributed by atoms with Gasteiger partial charge in [-0.25, -0.2) is 0 Å². The smallest absolute Gasteiger partial charge is 0.255 e. The summed E-state index contributed by atoms with van der Waals surface area (Å²) >= 11 is 6.20. The topological polar surface area (TPSA) is 81.9 Å². The molecular weight excluding hydrogens is 320 g/mol. The number of nitrogens with zero attached hydrogens (tertiary/aromatic N) is 1. The van der Waals surface area contributed by atoms with Crippen molar-refractivity contribution in [1.29, 1.82) is 0 Å². The van der Waals surface area contributed by atoms with Crippen LogP contribution in [0.15, 0.2) is 18.2 Å². The van der Waals surface area contributed by atoms with Crippen LogP contribution in [0.4, 0.5) is 0 Å². The van der Waals surface area contributed by atoms with Crippen molar-refractivity contribution in [3.63, 3.8) is 0 Å². The lowest BCUT2D eigenvalue weighted by Crippen LogP contribution is -2.32. The second kappa shape index (κ2) is 7.66. The summed E-state index contributed by atoms with van der Waals surface area (Å²) < 4.78 is 10.4. The summed E-state index contributed by atoms with van der Waals surface area (Å²) in [6.45, 7) is 3.62. The first-order chi connectivity index (χ1) is 10.9. The number of ether oxygens (including phenoxy) is 2. The van der Waals surface area contributed by atoms with Crippen molar-refractivity contribution >= 4 is 23.4 Å². The van der Waals surface area contributed by atoms with Gasteiger partial charge in [-0.2, -0.15) is 0 Å². The normalized spacial score (nSPS) is 20.6. The van der Waals surface area contributed by atoms with E-state index in [2.05, 4.69) is 0 Å². The molecule has 0 aromatic heterocycles. The van der Waals surface area contributed by atoms with Crippen molar-refractivity contribution < 1.29 is 19.1 Å². The summed E-state index contributed by atoms with van der Waals surface area (Å²) in [4.78, 5) is 25.6.